The normalized spacial score (nSPS) is 11.7. The lowest BCUT2D eigenvalue weighted by molar-refractivity contribution is 0.604. The molecule has 0 unspecified atom stereocenters. The van der Waals surface area contributed by atoms with Crippen molar-refractivity contribution in [3.05, 3.63) is 41.3 Å². The second-order valence-corrected chi connectivity index (χ2v) is 6.08. The van der Waals surface area contributed by atoms with Crippen molar-refractivity contribution in [1.82, 2.24) is 0 Å². The lowest BCUT2D eigenvalue weighted by Gasteiger charge is -2.15. The molecule has 2 rings (SSSR count). The largest absolute Gasteiger partial charge is 0.398 e. The van der Waals surface area contributed by atoms with E-state index < -0.39 is 0 Å². The lowest BCUT2D eigenvalue weighted by Crippen LogP contribution is -2.07. The minimum atomic E-state index is 0.215. The van der Waals surface area contributed by atoms with E-state index in [2.05, 4.69) is 39.0 Å². The third kappa shape index (κ3) is 2.12. The van der Waals surface area contributed by atoms with Crippen LogP contribution in [0.4, 0.5) is 5.69 Å². The second kappa shape index (κ2) is 3.95. The Morgan fingerprint density at radius 1 is 1.00 bits per heavy atom. The molecular formula is C14H17NS. The van der Waals surface area contributed by atoms with Crippen LogP contribution in [0.5, 0.6) is 0 Å². The molecule has 0 saturated carbocycles. The summed E-state index contributed by atoms with van der Waals surface area (Å²) in [7, 11) is 0. The summed E-state index contributed by atoms with van der Waals surface area (Å²) in [6, 6.07) is 12.4. The van der Waals surface area contributed by atoms with Crippen LogP contribution in [0.1, 0.15) is 25.6 Å². The van der Waals surface area contributed by atoms with Gasteiger partial charge in [-0.3, -0.25) is 0 Å². The van der Waals surface area contributed by atoms with Crippen LogP contribution in [-0.2, 0) is 5.41 Å². The molecule has 2 aromatic rings. The van der Waals surface area contributed by atoms with Gasteiger partial charge in [-0.25, -0.2) is 0 Å². The van der Waals surface area contributed by atoms with Crippen LogP contribution in [0.2, 0.25) is 0 Å². The van der Waals surface area contributed by atoms with Gasteiger partial charge in [0.05, 0.1) is 0 Å². The second-order valence-electron chi connectivity index (χ2n) is 5.00. The first kappa shape index (κ1) is 11.2. The monoisotopic (exact) mass is 231 g/mol. The van der Waals surface area contributed by atoms with Gasteiger partial charge >= 0.3 is 0 Å². The molecule has 1 heterocycles. The van der Waals surface area contributed by atoms with Gasteiger partial charge in [-0.2, -0.15) is 0 Å². The number of nitrogen functional groups attached to an aromatic ring is 1. The van der Waals surface area contributed by atoms with E-state index in [1.54, 1.807) is 0 Å². The molecular weight excluding hydrogens is 214 g/mol. The molecule has 0 bridgehead atoms. The number of thiophene rings is 1. The van der Waals surface area contributed by atoms with E-state index in [0.29, 0.717) is 0 Å². The first-order valence-corrected chi connectivity index (χ1v) is 6.25. The van der Waals surface area contributed by atoms with Gasteiger partial charge in [-0.1, -0.05) is 39.0 Å². The van der Waals surface area contributed by atoms with E-state index in [1.165, 1.54) is 9.75 Å². The molecule has 0 fully saturated rings. The smallest absolute Gasteiger partial charge is 0.0401 e. The summed E-state index contributed by atoms with van der Waals surface area (Å²) in [5.74, 6) is 0. The molecule has 0 atom stereocenters. The van der Waals surface area contributed by atoms with Gasteiger partial charge < -0.3 is 5.73 Å². The highest BCUT2D eigenvalue weighted by Crippen LogP contribution is 2.36. The van der Waals surface area contributed by atoms with E-state index in [4.69, 9.17) is 5.73 Å². The fraction of sp³-hybridized carbons (Fsp3) is 0.286. The van der Waals surface area contributed by atoms with E-state index in [-0.39, 0.29) is 5.41 Å². The van der Waals surface area contributed by atoms with Crippen LogP contribution < -0.4 is 5.73 Å². The van der Waals surface area contributed by atoms with Gasteiger partial charge in [0.1, 0.15) is 0 Å². The third-order valence-electron chi connectivity index (χ3n) is 2.57. The molecule has 1 aromatic heterocycles. The molecule has 16 heavy (non-hydrogen) atoms. The van der Waals surface area contributed by atoms with Crippen molar-refractivity contribution >= 4 is 17.0 Å². The van der Waals surface area contributed by atoms with Crippen molar-refractivity contribution in [2.24, 2.45) is 0 Å². The van der Waals surface area contributed by atoms with Crippen LogP contribution in [0, 0.1) is 0 Å². The van der Waals surface area contributed by atoms with Gasteiger partial charge in [0.2, 0.25) is 0 Å². The van der Waals surface area contributed by atoms with Crippen LogP contribution in [-0.4, -0.2) is 0 Å². The Morgan fingerprint density at radius 3 is 2.25 bits per heavy atom. The summed E-state index contributed by atoms with van der Waals surface area (Å²) in [4.78, 5) is 2.65. The van der Waals surface area contributed by atoms with Crippen molar-refractivity contribution in [3.63, 3.8) is 0 Å². The van der Waals surface area contributed by atoms with E-state index in [9.17, 15) is 0 Å². The molecule has 0 aliphatic carbocycles. The Hall–Kier alpha value is -1.28. The summed E-state index contributed by atoms with van der Waals surface area (Å²) in [6.45, 7) is 6.70. The molecule has 0 saturated heterocycles. The highest BCUT2D eigenvalue weighted by atomic mass is 32.1. The number of para-hydroxylation sites is 1. The van der Waals surface area contributed by atoms with Crippen molar-refractivity contribution in [3.8, 4) is 10.4 Å². The SMILES string of the molecule is CC(C)(C)c1ccc(-c2ccccc2N)s1. The van der Waals surface area contributed by atoms with E-state index in [0.717, 1.165) is 11.3 Å². The molecule has 2 N–H and O–H groups in total. The minimum Gasteiger partial charge on any atom is -0.398 e. The lowest BCUT2D eigenvalue weighted by atomic mass is 9.95. The van der Waals surface area contributed by atoms with Crippen LogP contribution in [0.3, 0.4) is 0 Å². The Kier molecular flexibility index (Phi) is 2.76. The highest BCUT2D eigenvalue weighted by molar-refractivity contribution is 7.15. The summed E-state index contributed by atoms with van der Waals surface area (Å²) < 4.78 is 0. The first-order chi connectivity index (χ1) is 7.48. The zero-order valence-electron chi connectivity index (χ0n) is 9.95. The summed E-state index contributed by atoms with van der Waals surface area (Å²) in [6.07, 6.45) is 0. The Balaban J connectivity index is 2.44. The maximum absolute atomic E-state index is 5.98. The van der Waals surface area contributed by atoms with Crippen molar-refractivity contribution in [2.75, 3.05) is 5.73 Å². The Bertz CT molecular complexity index is 491. The van der Waals surface area contributed by atoms with Gasteiger partial charge in [-0.05, 0) is 23.6 Å². The maximum Gasteiger partial charge on any atom is 0.0401 e. The summed E-state index contributed by atoms with van der Waals surface area (Å²) in [5.41, 5.74) is 8.19. The molecule has 0 aliphatic rings. The molecule has 84 valence electrons. The Labute approximate surface area is 101 Å². The molecule has 2 heteroatoms. The van der Waals surface area contributed by atoms with E-state index in [1.807, 2.05) is 29.5 Å². The predicted molar refractivity (Wildman–Crippen MR) is 72.9 cm³/mol. The average molecular weight is 231 g/mol. The summed E-state index contributed by atoms with van der Waals surface area (Å²) >= 11 is 1.83. The first-order valence-electron chi connectivity index (χ1n) is 5.43. The molecule has 1 aromatic carbocycles. The zero-order valence-corrected chi connectivity index (χ0v) is 10.8. The van der Waals surface area contributed by atoms with Crippen molar-refractivity contribution in [1.29, 1.82) is 0 Å². The van der Waals surface area contributed by atoms with Gasteiger partial charge in [0.25, 0.3) is 0 Å². The maximum atomic E-state index is 5.98. The fourth-order valence-electron chi connectivity index (χ4n) is 1.61. The quantitative estimate of drug-likeness (QED) is 0.728. The number of nitrogens with two attached hydrogens (primary N) is 1. The van der Waals surface area contributed by atoms with Gasteiger partial charge in [0.15, 0.2) is 0 Å². The molecule has 0 radical (unpaired) electrons. The fourth-order valence-corrected chi connectivity index (χ4v) is 2.72. The highest BCUT2D eigenvalue weighted by Gasteiger charge is 2.16. The van der Waals surface area contributed by atoms with Crippen molar-refractivity contribution < 1.29 is 0 Å². The number of hydrogen-bond acceptors (Lipinski definition) is 2. The molecule has 1 nitrogen and oxygen atoms in total. The van der Waals surface area contributed by atoms with Crippen molar-refractivity contribution in [2.45, 2.75) is 26.2 Å². The number of anilines is 1. The van der Waals surface area contributed by atoms with Crippen LogP contribution in [0.15, 0.2) is 36.4 Å². The van der Waals surface area contributed by atoms with Gasteiger partial charge in [0, 0.05) is 21.0 Å². The number of benzene rings is 1. The molecule has 0 aliphatic heterocycles. The molecule has 0 spiro atoms. The molecule has 0 amide bonds. The van der Waals surface area contributed by atoms with Crippen LogP contribution in [0.25, 0.3) is 10.4 Å². The third-order valence-corrected chi connectivity index (χ3v) is 4.12. The van der Waals surface area contributed by atoms with E-state index >= 15 is 0 Å². The Morgan fingerprint density at radius 2 is 1.69 bits per heavy atom. The average Bonchev–Trinajstić information content (AvgIpc) is 2.66. The topological polar surface area (TPSA) is 26.0 Å². The number of hydrogen-bond donors (Lipinski definition) is 1. The zero-order chi connectivity index (χ0) is 11.8. The summed E-state index contributed by atoms with van der Waals surface area (Å²) in [5, 5.41) is 0. The predicted octanol–water partition coefficient (Wildman–Crippen LogP) is 4.29. The standard InChI is InChI=1S/C14H17NS/c1-14(2,3)13-9-8-12(16-13)10-6-4-5-7-11(10)15/h4-9H,15H2,1-3H3. The number of rotatable bonds is 1. The van der Waals surface area contributed by atoms with Gasteiger partial charge in [-0.15, -0.1) is 11.3 Å². The van der Waals surface area contributed by atoms with Crippen LogP contribution >= 0.6 is 11.3 Å². The minimum absolute atomic E-state index is 0.215.